The van der Waals surface area contributed by atoms with Gasteiger partial charge in [0.25, 0.3) is 0 Å². The smallest absolute Gasteiger partial charge is 0.222 e. The lowest BCUT2D eigenvalue weighted by molar-refractivity contribution is -0.130. The molecular weight excluding hydrogens is 284 g/mol. The van der Waals surface area contributed by atoms with Crippen LogP contribution in [-0.4, -0.2) is 51.6 Å². The molecule has 21 heavy (non-hydrogen) atoms. The summed E-state index contributed by atoms with van der Waals surface area (Å²) >= 11 is 1.80. The highest BCUT2D eigenvalue weighted by Gasteiger charge is 2.31. The number of nitrogens with zero attached hydrogens (tertiary/aromatic N) is 4. The molecular formula is C15H22N4OS. The van der Waals surface area contributed by atoms with E-state index in [1.165, 1.54) is 17.8 Å². The summed E-state index contributed by atoms with van der Waals surface area (Å²) in [5.74, 6) is 1.08. The van der Waals surface area contributed by atoms with E-state index in [0.717, 1.165) is 56.9 Å². The van der Waals surface area contributed by atoms with Crippen LogP contribution in [0.4, 0.5) is 0 Å². The molecule has 114 valence electrons. The van der Waals surface area contributed by atoms with Crippen LogP contribution >= 0.6 is 11.3 Å². The summed E-state index contributed by atoms with van der Waals surface area (Å²) in [6.07, 6.45) is 6.62. The number of aromatic nitrogens is 2. The largest absolute Gasteiger partial charge is 0.340 e. The zero-order valence-corrected chi connectivity index (χ0v) is 13.1. The minimum absolute atomic E-state index is 0.367. The third-order valence-electron chi connectivity index (χ3n) is 4.88. The normalized spacial score (nSPS) is 25.0. The first-order chi connectivity index (χ1) is 10.3. The topological polar surface area (TPSA) is 49.3 Å². The minimum Gasteiger partial charge on any atom is -0.340 e. The van der Waals surface area contributed by atoms with Crippen molar-refractivity contribution in [2.75, 3.05) is 19.6 Å². The molecule has 0 aromatic carbocycles. The van der Waals surface area contributed by atoms with Crippen LogP contribution in [0.3, 0.4) is 0 Å². The molecule has 1 aromatic heterocycles. The Kier molecular flexibility index (Phi) is 3.67. The van der Waals surface area contributed by atoms with Crippen LogP contribution in [0, 0.1) is 0 Å². The Morgan fingerprint density at radius 1 is 1.10 bits per heavy atom. The van der Waals surface area contributed by atoms with Gasteiger partial charge in [-0.1, -0.05) is 11.3 Å². The molecule has 0 N–H and O–H groups in total. The van der Waals surface area contributed by atoms with Crippen LogP contribution < -0.4 is 0 Å². The average molecular weight is 306 g/mol. The second-order valence-corrected chi connectivity index (χ2v) is 7.60. The first kappa shape index (κ1) is 13.6. The van der Waals surface area contributed by atoms with Gasteiger partial charge in [-0.3, -0.25) is 9.69 Å². The van der Waals surface area contributed by atoms with E-state index in [2.05, 4.69) is 20.0 Å². The quantitative estimate of drug-likeness (QED) is 0.854. The maximum absolute atomic E-state index is 11.8. The number of amides is 1. The third kappa shape index (κ3) is 2.97. The highest BCUT2D eigenvalue weighted by molar-refractivity contribution is 7.11. The summed E-state index contributed by atoms with van der Waals surface area (Å²) < 4.78 is 0. The fraction of sp³-hybridized carbons (Fsp3) is 0.800. The van der Waals surface area contributed by atoms with E-state index < -0.39 is 0 Å². The molecule has 6 heteroatoms. The summed E-state index contributed by atoms with van der Waals surface area (Å²) in [5, 5.41) is 11.1. The molecule has 0 bridgehead atoms. The van der Waals surface area contributed by atoms with Crippen LogP contribution in [0.25, 0.3) is 0 Å². The van der Waals surface area contributed by atoms with E-state index in [4.69, 9.17) is 0 Å². The van der Waals surface area contributed by atoms with Gasteiger partial charge in [-0.05, 0) is 32.1 Å². The van der Waals surface area contributed by atoms with Crippen molar-refractivity contribution in [3.05, 3.63) is 10.0 Å². The molecule has 1 aromatic rings. The SMILES string of the molecule is O=C1CCCN1C1CCN(Cc2nnc(C3CC3)s2)CC1. The van der Waals surface area contributed by atoms with Gasteiger partial charge in [0, 0.05) is 38.0 Å². The number of likely N-dealkylation sites (tertiary alicyclic amines) is 2. The molecule has 0 atom stereocenters. The van der Waals surface area contributed by atoms with Gasteiger partial charge in [-0.2, -0.15) is 0 Å². The summed E-state index contributed by atoms with van der Waals surface area (Å²) in [7, 11) is 0. The van der Waals surface area contributed by atoms with Gasteiger partial charge in [-0.15, -0.1) is 10.2 Å². The molecule has 0 unspecified atom stereocenters. The molecule has 2 aliphatic heterocycles. The zero-order valence-electron chi connectivity index (χ0n) is 12.3. The third-order valence-corrected chi connectivity index (χ3v) is 5.95. The van der Waals surface area contributed by atoms with Crippen LogP contribution in [-0.2, 0) is 11.3 Å². The molecule has 3 fully saturated rings. The summed E-state index contributed by atoms with van der Waals surface area (Å²) in [5.41, 5.74) is 0. The molecule has 5 nitrogen and oxygen atoms in total. The zero-order chi connectivity index (χ0) is 14.2. The van der Waals surface area contributed by atoms with Crippen molar-refractivity contribution in [3.8, 4) is 0 Å². The van der Waals surface area contributed by atoms with E-state index in [-0.39, 0.29) is 0 Å². The highest BCUT2D eigenvalue weighted by atomic mass is 32.1. The summed E-state index contributed by atoms with van der Waals surface area (Å²) in [6.45, 7) is 4.06. The molecule has 1 saturated carbocycles. The molecule has 2 saturated heterocycles. The second-order valence-electron chi connectivity index (χ2n) is 6.51. The Bertz CT molecular complexity index is 519. The number of hydrogen-bond donors (Lipinski definition) is 0. The maximum Gasteiger partial charge on any atom is 0.222 e. The Labute approximate surface area is 129 Å². The predicted octanol–water partition coefficient (Wildman–Crippen LogP) is 2.00. The van der Waals surface area contributed by atoms with E-state index >= 15 is 0 Å². The van der Waals surface area contributed by atoms with Gasteiger partial charge in [0.2, 0.25) is 5.91 Å². The summed E-state index contributed by atoms with van der Waals surface area (Å²) in [6, 6.07) is 0.479. The van der Waals surface area contributed by atoms with Gasteiger partial charge in [0.1, 0.15) is 10.0 Å². The molecule has 4 rings (SSSR count). The van der Waals surface area contributed by atoms with Crippen LogP contribution in [0.2, 0.25) is 0 Å². The molecule has 3 aliphatic rings. The molecule has 0 radical (unpaired) electrons. The van der Waals surface area contributed by atoms with Gasteiger partial charge in [0.15, 0.2) is 0 Å². The van der Waals surface area contributed by atoms with Crippen molar-refractivity contribution in [3.63, 3.8) is 0 Å². The molecule has 3 heterocycles. The average Bonchev–Trinajstić information content (AvgIpc) is 3.10. The number of carbonyl (C=O) groups is 1. The number of carbonyl (C=O) groups excluding carboxylic acids is 1. The van der Waals surface area contributed by atoms with E-state index in [0.29, 0.717) is 17.9 Å². The summed E-state index contributed by atoms with van der Waals surface area (Å²) in [4.78, 5) is 16.4. The van der Waals surface area contributed by atoms with Crippen LogP contribution in [0.1, 0.15) is 54.5 Å². The lowest BCUT2D eigenvalue weighted by Crippen LogP contribution is -2.45. The Morgan fingerprint density at radius 3 is 2.57 bits per heavy atom. The molecule has 0 spiro atoms. The van der Waals surface area contributed by atoms with Gasteiger partial charge >= 0.3 is 0 Å². The van der Waals surface area contributed by atoms with Crippen molar-refractivity contribution in [1.29, 1.82) is 0 Å². The lowest BCUT2D eigenvalue weighted by atomic mass is 10.0. The number of piperidine rings is 1. The van der Waals surface area contributed by atoms with Crippen LogP contribution in [0.5, 0.6) is 0 Å². The number of hydrogen-bond acceptors (Lipinski definition) is 5. The van der Waals surface area contributed by atoms with Crippen LogP contribution in [0.15, 0.2) is 0 Å². The number of rotatable bonds is 4. The van der Waals surface area contributed by atoms with Gasteiger partial charge in [0.05, 0.1) is 6.54 Å². The Hall–Kier alpha value is -1.01. The first-order valence-electron chi connectivity index (χ1n) is 8.14. The van der Waals surface area contributed by atoms with E-state index in [1.807, 2.05) is 0 Å². The molecule has 1 aliphatic carbocycles. The van der Waals surface area contributed by atoms with E-state index in [9.17, 15) is 4.79 Å². The Morgan fingerprint density at radius 2 is 1.90 bits per heavy atom. The fourth-order valence-corrected chi connectivity index (χ4v) is 4.52. The minimum atomic E-state index is 0.367. The highest BCUT2D eigenvalue weighted by Crippen LogP contribution is 2.41. The first-order valence-corrected chi connectivity index (χ1v) is 8.95. The van der Waals surface area contributed by atoms with Crippen molar-refractivity contribution in [2.24, 2.45) is 0 Å². The standard InChI is InChI=1S/C15H22N4OS/c20-14-2-1-7-19(14)12-5-8-18(9-6-12)10-13-16-17-15(21-13)11-3-4-11/h11-12H,1-10H2. The maximum atomic E-state index is 11.8. The van der Waals surface area contributed by atoms with Crippen molar-refractivity contribution in [1.82, 2.24) is 20.0 Å². The van der Waals surface area contributed by atoms with E-state index in [1.54, 1.807) is 11.3 Å². The monoisotopic (exact) mass is 306 g/mol. The van der Waals surface area contributed by atoms with Gasteiger partial charge in [-0.25, -0.2) is 0 Å². The lowest BCUT2D eigenvalue weighted by Gasteiger charge is -2.36. The fourth-order valence-electron chi connectivity index (χ4n) is 3.46. The van der Waals surface area contributed by atoms with Crippen molar-refractivity contribution < 1.29 is 4.79 Å². The van der Waals surface area contributed by atoms with Crippen molar-refractivity contribution in [2.45, 2.75) is 57.0 Å². The predicted molar refractivity (Wildman–Crippen MR) is 81.1 cm³/mol. The Balaban J connectivity index is 1.29. The van der Waals surface area contributed by atoms with Crippen molar-refractivity contribution >= 4 is 17.2 Å². The second kappa shape index (κ2) is 5.65. The van der Waals surface area contributed by atoms with Gasteiger partial charge < -0.3 is 4.90 Å². The molecule has 1 amide bonds.